The highest BCUT2D eigenvalue weighted by atomic mass is 35.5. The molecule has 0 saturated carbocycles. The van der Waals surface area contributed by atoms with Gasteiger partial charge in [0.05, 0.1) is 5.92 Å². The number of rotatable bonds is 3. The maximum atomic E-state index is 11.3. The Balaban J connectivity index is 2.29. The lowest BCUT2D eigenvalue weighted by Crippen LogP contribution is -2.23. The molecule has 2 atom stereocenters. The Kier molecular flexibility index (Phi) is 3.93. The summed E-state index contributed by atoms with van der Waals surface area (Å²) < 4.78 is 0. The van der Waals surface area contributed by atoms with Gasteiger partial charge in [-0.15, -0.1) is 0 Å². The van der Waals surface area contributed by atoms with Gasteiger partial charge in [-0.2, -0.15) is 0 Å². The molecule has 0 radical (unpaired) electrons. The predicted octanol–water partition coefficient (Wildman–Crippen LogP) is 2.77. The molecule has 0 amide bonds. The second-order valence-electron chi connectivity index (χ2n) is 4.91. The fourth-order valence-corrected chi connectivity index (χ4v) is 2.76. The second-order valence-corrected chi connectivity index (χ2v) is 5.32. The summed E-state index contributed by atoms with van der Waals surface area (Å²) in [6.45, 7) is 6.33. The van der Waals surface area contributed by atoms with Gasteiger partial charge in [0.15, 0.2) is 0 Å². The number of hydrogen-bond acceptors (Lipinski definition) is 2. The van der Waals surface area contributed by atoms with Crippen molar-refractivity contribution in [2.45, 2.75) is 19.8 Å². The summed E-state index contributed by atoms with van der Waals surface area (Å²) in [6, 6.07) is 5.88. The summed E-state index contributed by atoms with van der Waals surface area (Å²) in [5, 5.41) is 10.0. The summed E-state index contributed by atoms with van der Waals surface area (Å²) in [4.78, 5) is 13.5. The number of nitrogens with zero attached hydrogens (tertiary/aromatic N) is 1. The molecule has 0 spiro atoms. The highest BCUT2D eigenvalue weighted by molar-refractivity contribution is 6.31. The van der Waals surface area contributed by atoms with E-state index in [1.807, 2.05) is 25.1 Å². The van der Waals surface area contributed by atoms with Gasteiger partial charge in [0.1, 0.15) is 0 Å². The molecule has 0 aliphatic carbocycles. The highest BCUT2D eigenvalue weighted by Crippen LogP contribution is 2.34. The van der Waals surface area contributed by atoms with Gasteiger partial charge in [0, 0.05) is 24.0 Å². The molecule has 1 aromatic carbocycles. The first-order chi connectivity index (χ1) is 8.52. The van der Waals surface area contributed by atoms with Crippen LogP contribution in [0.1, 0.15) is 24.0 Å². The minimum absolute atomic E-state index is 0.0422. The van der Waals surface area contributed by atoms with Gasteiger partial charge in [0.25, 0.3) is 0 Å². The summed E-state index contributed by atoms with van der Waals surface area (Å²) in [7, 11) is 0. The molecule has 0 aromatic heterocycles. The zero-order valence-electron chi connectivity index (χ0n) is 10.7. The quantitative estimate of drug-likeness (QED) is 0.916. The van der Waals surface area contributed by atoms with Gasteiger partial charge in [-0.3, -0.25) is 4.79 Å². The summed E-state index contributed by atoms with van der Waals surface area (Å²) >= 11 is 6.13. The van der Waals surface area contributed by atoms with E-state index in [9.17, 15) is 9.90 Å². The number of aliphatic carboxylic acids is 1. The fraction of sp³-hybridized carbons (Fsp3) is 0.500. The van der Waals surface area contributed by atoms with Crippen LogP contribution in [0.4, 0.5) is 0 Å². The summed E-state index contributed by atoms with van der Waals surface area (Å²) in [6.07, 6.45) is 0. The number of halogens is 1. The molecule has 3 nitrogen and oxygen atoms in total. The summed E-state index contributed by atoms with van der Waals surface area (Å²) in [5.74, 6) is -1.00. The van der Waals surface area contributed by atoms with E-state index >= 15 is 0 Å². The Morgan fingerprint density at radius 1 is 1.50 bits per heavy atom. The standard InChI is InChI=1S/C14H18ClNO2/c1-3-16-7-11(12(8-16)14(17)18)10-5-4-9(2)13(15)6-10/h4-6,11-12H,3,7-8H2,1-2H3,(H,17,18). The molecule has 2 rings (SSSR count). The third kappa shape index (κ3) is 2.52. The average molecular weight is 268 g/mol. The molecule has 1 N–H and O–H groups in total. The van der Waals surface area contributed by atoms with Crippen molar-refractivity contribution in [3.63, 3.8) is 0 Å². The first-order valence-corrected chi connectivity index (χ1v) is 6.62. The lowest BCUT2D eigenvalue weighted by molar-refractivity contribution is -0.141. The SMILES string of the molecule is CCN1CC(C(=O)O)C(c2ccc(C)c(Cl)c2)C1. The van der Waals surface area contributed by atoms with Crippen molar-refractivity contribution >= 4 is 17.6 Å². The second kappa shape index (κ2) is 5.29. The van der Waals surface area contributed by atoms with Crippen LogP contribution in [0.2, 0.25) is 5.02 Å². The smallest absolute Gasteiger partial charge is 0.308 e. The number of carboxylic acids is 1. The first kappa shape index (κ1) is 13.4. The first-order valence-electron chi connectivity index (χ1n) is 6.24. The van der Waals surface area contributed by atoms with Crippen molar-refractivity contribution in [1.82, 2.24) is 4.90 Å². The predicted molar refractivity (Wildman–Crippen MR) is 72.2 cm³/mol. The Hall–Kier alpha value is -1.06. The van der Waals surface area contributed by atoms with Crippen molar-refractivity contribution in [3.05, 3.63) is 34.3 Å². The Bertz CT molecular complexity index is 461. The van der Waals surface area contributed by atoms with E-state index in [1.54, 1.807) is 0 Å². The number of likely N-dealkylation sites (tertiary alicyclic amines) is 1. The molecule has 98 valence electrons. The topological polar surface area (TPSA) is 40.5 Å². The number of benzene rings is 1. The maximum absolute atomic E-state index is 11.3. The third-order valence-corrected chi connectivity index (χ3v) is 4.19. The molecule has 1 aromatic rings. The minimum atomic E-state index is -0.715. The van der Waals surface area contributed by atoms with Gasteiger partial charge in [-0.1, -0.05) is 30.7 Å². The van der Waals surface area contributed by atoms with Crippen LogP contribution in [0.15, 0.2) is 18.2 Å². The van der Waals surface area contributed by atoms with Crippen LogP contribution < -0.4 is 0 Å². The van der Waals surface area contributed by atoms with Gasteiger partial charge >= 0.3 is 5.97 Å². The molecule has 1 aliphatic heterocycles. The van der Waals surface area contributed by atoms with Gasteiger partial charge < -0.3 is 10.0 Å². The lowest BCUT2D eigenvalue weighted by atomic mass is 9.88. The van der Waals surface area contributed by atoms with Gasteiger partial charge in [-0.25, -0.2) is 0 Å². The zero-order valence-corrected chi connectivity index (χ0v) is 11.4. The molecular formula is C14H18ClNO2. The zero-order chi connectivity index (χ0) is 13.3. The molecular weight excluding hydrogens is 250 g/mol. The van der Waals surface area contributed by atoms with Crippen LogP contribution in [0.25, 0.3) is 0 Å². The van der Waals surface area contributed by atoms with Crippen LogP contribution in [-0.2, 0) is 4.79 Å². The van der Waals surface area contributed by atoms with Crippen molar-refractivity contribution in [2.75, 3.05) is 19.6 Å². The third-order valence-electron chi connectivity index (χ3n) is 3.78. The van der Waals surface area contributed by atoms with Gasteiger partial charge in [0.2, 0.25) is 0 Å². The largest absolute Gasteiger partial charge is 0.481 e. The Morgan fingerprint density at radius 3 is 2.78 bits per heavy atom. The van der Waals surface area contributed by atoms with Crippen LogP contribution in [-0.4, -0.2) is 35.6 Å². The summed E-state index contributed by atoms with van der Waals surface area (Å²) in [5.41, 5.74) is 2.06. The van der Waals surface area contributed by atoms with Crippen molar-refractivity contribution in [2.24, 2.45) is 5.92 Å². The number of aryl methyl sites for hydroxylation is 1. The van der Waals surface area contributed by atoms with Crippen LogP contribution in [0.3, 0.4) is 0 Å². The van der Waals surface area contributed by atoms with E-state index in [4.69, 9.17) is 11.6 Å². The van der Waals surface area contributed by atoms with Crippen LogP contribution in [0, 0.1) is 12.8 Å². The minimum Gasteiger partial charge on any atom is -0.481 e. The number of likely N-dealkylation sites (N-methyl/N-ethyl adjacent to an activating group) is 1. The number of carbonyl (C=O) groups is 1. The van der Waals surface area contributed by atoms with Gasteiger partial charge in [-0.05, 0) is 30.7 Å². The van der Waals surface area contributed by atoms with Crippen LogP contribution >= 0.6 is 11.6 Å². The number of carboxylic acid groups (broad SMARTS) is 1. The molecule has 4 heteroatoms. The monoisotopic (exact) mass is 267 g/mol. The molecule has 1 fully saturated rings. The normalized spacial score (nSPS) is 24.4. The fourth-order valence-electron chi connectivity index (χ4n) is 2.57. The van der Waals surface area contributed by atoms with Crippen molar-refractivity contribution < 1.29 is 9.90 Å². The van der Waals surface area contributed by atoms with E-state index in [2.05, 4.69) is 11.8 Å². The van der Waals surface area contributed by atoms with Crippen molar-refractivity contribution in [1.29, 1.82) is 0 Å². The molecule has 1 heterocycles. The van der Waals surface area contributed by atoms with E-state index in [-0.39, 0.29) is 11.8 Å². The van der Waals surface area contributed by atoms with Crippen molar-refractivity contribution in [3.8, 4) is 0 Å². The van der Waals surface area contributed by atoms with E-state index in [0.717, 1.165) is 24.2 Å². The van der Waals surface area contributed by atoms with E-state index in [0.29, 0.717) is 11.6 Å². The number of hydrogen-bond donors (Lipinski definition) is 1. The molecule has 2 unspecified atom stereocenters. The van der Waals surface area contributed by atoms with E-state index < -0.39 is 5.97 Å². The molecule has 18 heavy (non-hydrogen) atoms. The Morgan fingerprint density at radius 2 is 2.22 bits per heavy atom. The molecule has 1 saturated heterocycles. The van der Waals surface area contributed by atoms with E-state index in [1.165, 1.54) is 0 Å². The molecule has 0 bridgehead atoms. The lowest BCUT2D eigenvalue weighted by Gasteiger charge is -2.16. The highest BCUT2D eigenvalue weighted by Gasteiger charge is 2.37. The van der Waals surface area contributed by atoms with Crippen LogP contribution in [0.5, 0.6) is 0 Å². The Labute approximate surface area is 112 Å². The average Bonchev–Trinajstić information content (AvgIpc) is 2.77. The molecule has 1 aliphatic rings. The maximum Gasteiger partial charge on any atom is 0.308 e.